The summed E-state index contributed by atoms with van der Waals surface area (Å²) in [6.45, 7) is 4.77. The van der Waals surface area contributed by atoms with Crippen molar-refractivity contribution >= 4 is 23.4 Å². The first-order valence-electron chi connectivity index (χ1n) is 9.32. The van der Waals surface area contributed by atoms with Gasteiger partial charge in [-0.1, -0.05) is 23.8 Å². The summed E-state index contributed by atoms with van der Waals surface area (Å²) in [7, 11) is 0. The van der Waals surface area contributed by atoms with Crippen molar-refractivity contribution in [1.82, 2.24) is 20.3 Å². The predicted molar refractivity (Wildman–Crippen MR) is 112 cm³/mol. The molecule has 0 radical (unpaired) electrons. The Morgan fingerprint density at radius 3 is 2.52 bits per heavy atom. The van der Waals surface area contributed by atoms with Gasteiger partial charge in [-0.2, -0.15) is 0 Å². The lowest BCUT2D eigenvalue weighted by Gasteiger charge is -2.11. The van der Waals surface area contributed by atoms with Crippen molar-refractivity contribution in [3.63, 3.8) is 0 Å². The smallest absolute Gasteiger partial charge is 0.258 e. The van der Waals surface area contributed by atoms with Gasteiger partial charge in [-0.25, -0.2) is 15.0 Å². The first kappa shape index (κ1) is 20.1. The summed E-state index contributed by atoms with van der Waals surface area (Å²) in [5.74, 6) is 3.15. The number of pyridine rings is 1. The number of anilines is 3. The fraction of sp³-hybridized carbons (Fsp3) is 0.238. The van der Waals surface area contributed by atoms with Gasteiger partial charge in [-0.3, -0.25) is 4.79 Å². The highest BCUT2D eigenvalue weighted by atomic mass is 16.5. The highest BCUT2D eigenvalue weighted by Gasteiger charge is 2.05. The van der Waals surface area contributed by atoms with Crippen LogP contribution in [0, 0.1) is 13.8 Å². The molecule has 0 aliphatic heterocycles. The summed E-state index contributed by atoms with van der Waals surface area (Å²) in [5, 5.41) is 9.13. The van der Waals surface area contributed by atoms with Gasteiger partial charge in [0, 0.05) is 25.4 Å². The van der Waals surface area contributed by atoms with Gasteiger partial charge in [-0.05, 0) is 38.1 Å². The number of rotatable bonds is 9. The van der Waals surface area contributed by atoms with Crippen molar-refractivity contribution in [2.45, 2.75) is 13.8 Å². The average molecular weight is 392 g/mol. The number of carbonyl (C=O) groups is 1. The Kier molecular flexibility index (Phi) is 6.94. The second-order valence-corrected chi connectivity index (χ2v) is 6.40. The number of hydrogen-bond donors (Lipinski definition) is 3. The Labute approximate surface area is 169 Å². The lowest BCUT2D eigenvalue weighted by molar-refractivity contribution is -0.123. The molecule has 0 atom stereocenters. The molecule has 0 fully saturated rings. The van der Waals surface area contributed by atoms with Gasteiger partial charge in [0.25, 0.3) is 5.91 Å². The molecule has 150 valence electrons. The van der Waals surface area contributed by atoms with Crippen molar-refractivity contribution in [2.75, 3.05) is 30.3 Å². The maximum atomic E-state index is 11.9. The summed E-state index contributed by atoms with van der Waals surface area (Å²) in [5.41, 5.74) is 1.14. The Morgan fingerprint density at radius 1 is 0.966 bits per heavy atom. The first-order valence-corrected chi connectivity index (χ1v) is 9.32. The summed E-state index contributed by atoms with van der Waals surface area (Å²) < 4.78 is 5.46. The highest BCUT2D eigenvalue weighted by molar-refractivity contribution is 5.77. The molecule has 8 nitrogen and oxygen atoms in total. The maximum Gasteiger partial charge on any atom is 0.258 e. The van der Waals surface area contributed by atoms with E-state index in [4.69, 9.17) is 4.74 Å². The van der Waals surface area contributed by atoms with E-state index < -0.39 is 0 Å². The molecule has 29 heavy (non-hydrogen) atoms. The molecule has 3 N–H and O–H groups in total. The van der Waals surface area contributed by atoms with Crippen LogP contribution < -0.4 is 20.7 Å². The zero-order chi connectivity index (χ0) is 20.5. The van der Waals surface area contributed by atoms with Crippen LogP contribution in [0.2, 0.25) is 0 Å². The van der Waals surface area contributed by atoms with Crippen LogP contribution >= 0.6 is 0 Å². The Morgan fingerprint density at radius 2 is 1.76 bits per heavy atom. The molecular formula is C21H24N6O2. The van der Waals surface area contributed by atoms with E-state index in [1.54, 1.807) is 12.3 Å². The van der Waals surface area contributed by atoms with Crippen molar-refractivity contribution in [2.24, 2.45) is 0 Å². The van der Waals surface area contributed by atoms with Gasteiger partial charge < -0.3 is 20.7 Å². The van der Waals surface area contributed by atoms with Gasteiger partial charge in [-0.15, -0.1) is 0 Å². The molecule has 2 heterocycles. The number of carbonyl (C=O) groups excluding carboxylic acids is 1. The minimum absolute atomic E-state index is 0.0200. The molecule has 0 saturated heterocycles. The molecule has 0 unspecified atom stereocenters. The number of ether oxygens (including phenoxy) is 1. The van der Waals surface area contributed by atoms with E-state index in [-0.39, 0.29) is 12.5 Å². The third-order valence-corrected chi connectivity index (χ3v) is 3.90. The molecule has 0 aliphatic rings. The van der Waals surface area contributed by atoms with E-state index in [9.17, 15) is 4.79 Å². The first-order chi connectivity index (χ1) is 14.1. The largest absolute Gasteiger partial charge is 0.484 e. The standard InChI is InChI=1S/C21H24N6O2/c1-15-6-8-17(9-7-15)29-14-21(28)24-12-11-23-19-13-20(26-16(2)25-19)27-18-5-3-4-10-22-18/h3-10,13H,11-12,14H2,1-2H3,(H,24,28)(H2,22,23,25,26,27). The SMILES string of the molecule is Cc1ccc(OCC(=O)NCCNc2cc(Nc3ccccn3)nc(C)n2)cc1. The van der Waals surface area contributed by atoms with E-state index >= 15 is 0 Å². The molecule has 0 spiro atoms. The molecule has 1 aromatic carbocycles. The van der Waals surface area contributed by atoms with Gasteiger partial charge in [0.2, 0.25) is 0 Å². The zero-order valence-corrected chi connectivity index (χ0v) is 16.5. The van der Waals surface area contributed by atoms with Crippen LogP contribution in [0.5, 0.6) is 5.75 Å². The van der Waals surface area contributed by atoms with Crippen LogP contribution in [-0.2, 0) is 4.79 Å². The van der Waals surface area contributed by atoms with Crippen molar-refractivity contribution < 1.29 is 9.53 Å². The van der Waals surface area contributed by atoms with E-state index in [1.165, 1.54) is 0 Å². The number of nitrogens with one attached hydrogen (secondary N) is 3. The molecule has 3 aromatic rings. The van der Waals surface area contributed by atoms with Gasteiger partial charge in [0.1, 0.15) is 29.0 Å². The number of aryl methyl sites for hydroxylation is 2. The van der Waals surface area contributed by atoms with E-state index in [0.29, 0.717) is 42.1 Å². The number of hydrogen-bond acceptors (Lipinski definition) is 7. The Bertz CT molecular complexity index is 932. The number of amides is 1. The maximum absolute atomic E-state index is 11.9. The molecule has 1 amide bonds. The summed E-state index contributed by atoms with van der Waals surface area (Å²) >= 11 is 0. The van der Waals surface area contributed by atoms with Gasteiger partial charge in [0.05, 0.1) is 0 Å². The van der Waals surface area contributed by atoms with Crippen LogP contribution in [0.15, 0.2) is 54.7 Å². The lowest BCUT2D eigenvalue weighted by atomic mass is 10.2. The monoisotopic (exact) mass is 392 g/mol. The lowest BCUT2D eigenvalue weighted by Crippen LogP contribution is -2.32. The minimum atomic E-state index is -0.177. The molecule has 3 rings (SSSR count). The number of nitrogens with zero attached hydrogens (tertiary/aromatic N) is 3. The van der Waals surface area contributed by atoms with Gasteiger partial charge >= 0.3 is 0 Å². The normalized spacial score (nSPS) is 10.3. The van der Waals surface area contributed by atoms with Crippen LogP contribution in [0.1, 0.15) is 11.4 Å². The van der Waals surface area contributed by atoms with Crippen LogP contribution in [0.4, 0.5) is 17.5 Å². The van der Waals surface area contributed by atoms with Gasteiger partial charge in [0.15, 0.2) is 6.61 Å². The van der Waals surface area contributed by atoms with E-state index in [1.807, 2.05) is 56.3 Å². The minimum Gasteiger partial charge on any atom is -0.484 e. The molecule has 0 aliphatic carbocycles. The second-order valence-electron chi connectivity index (χ2n) is 6.40. The quantitative estimate of drug-likeness (QED) is 0.481. The Balaban J connectivity index is 1.41. The van der Waals surface area contributed by atoms with E-state index in [2.05, 4.69) is 30.9 Å². The third kappa shape index (κ3) is 6.76. The fourth-order valence-corrected chi connectivity index (χ4v) is 2.52. The van der Waals surface area contributed by atoms with Crippen molar-refractivity contribution in [3.05, 3.63) is 66.1 Å². The van der Waals surface area contributed by atoms with Crippen LogP contribution in [0.3, 0.4) is 0 Å². The number of aromatic nitrogens is 3. The third-order valence-electron chi connectivity index (χ3n) is 3.90. The molecule has 0 saturated carbocycles. The van der Waals surface area contributed by atoms with Crippen LogP contribution in [-0.4, -0.2) is 40.6 Å². The van der Waals surface area contributed by atoms with E-state index in [0.717, 1.165) is 5.56 Å². The molecular weight excluding hydrogens is 368 g/mol. The zero-order valence-electron chi connectivity index (χ0n) is 16.5. The van der Waals surface area contributed by atoms with Crippen molar-refractivity contribution in [3.8, 4) is 5.75 Å². The number of benzene rings is 1. The van der Waals surface area contributed by atoms with Crippen LogP contribution in [0.25, 0.3) is 0 Å². The summed E-state index contributed by atoms with van der Waals surface area (Å²) in [4.78, 5) is 24.8. The molecule has 2 aromatic heterocycles. The Hall–Kier alpha value is -3.68. The highest BCUT2D eigenvalue weighted by Crippen LogP contribution is 2.15. The predicted octanol–water partition coefficient (Wildman–Crippen LogP) is 2.84. The summed E-state index contributed by atoms with van der Waals surface area (Å²) in [6, 6.07) is 15.0. The topological polar surface area (TPSA) is 101 Å². The average Bonchev–Trinajstić information content (AvgIpc) is 2.71. The second kappa shape index (κ2) is 10.0. The molecule has 8 heteroatoms. The summed E-state index contributed by atoms with van der Waals surface area (Å²) in [6.07, 6.45) is 1.71. The van der Waals surface area contributed by atoms with Crippen molar-refractivity contribution in [1.29, 1.82) is 0 Å². The fourth-order valence-electron chi connectivity index (χ4n) is 2.52. The molecule has 0 bridgehead atoms.